The van der Waals surface area contributed by atoms with E-state index in [1.54, 1.807) is 4.90 Å². The van der Waals surface area contributed by atoms with Crippen molar-refractivity contribution in [2.24, 2.45) is 0 Å². The van der Waals surface area contributed by atoms with E-state index in [0.29, 0.717) is 6.04 Å². The molecule has 0 heterocycles. The predicted molar refractivity (Wildman–Crippen MR) is 49.1 cm³/mol. The minimum absolute atomic E-state index is 0.155. The van der Waals surface area contributed by atoms with E-state index in [0.717, 1.165) is 6.54 Å². The fourth-order valence-corrected chi connectivity index (χ4v) is 1.33. The lowest BCUT2D eigenvalue weighted by Crippen LogP contribution is -2.47. The first-order valence-corrected chi connectivity index (χ1v) is 4.64. The molecular formula is C9H18N2O. The first-order valence-electron chi connectivity index (χ1n) is 4.64. The number of carbonyl (C=O) groups is 1. The number of nitrogens with zero attached hydrogens (tertiary/aromatic N) is 2. The number of urea groups is 1. The summed E-state index contributed by atoms with van der Waals surface area (Å²) in [5.41, 5.74) is 0. The third-order valence-corrected chi connectivity index (χ3v) is 2.73. The van der Waals surface area contributed by atoms with Gasteiger partial charge in [0.15, 0.2) is 0 Å². The van der Waals surface area contributed by atoms with Gasteiger partial charge in [0, 0.05) is 26.7 Å². The quantitative estimate of drug-likeness (QED) is 0.616. The van der Waals surface area contributed by atoms with E-state index in [4.69, 9.17) is 0 Å². The predicted octanol–water partition coefficient (Wildman–Crippen LogP) is 1.54. The van der Waals surface area contributed by atoms with Gasteiger partial charge in [-0.3, -0.25) is 0 Å². The van der Waals surface area contributed by atoms with E-state index in [-0.39, 0.29) is 6.03 Å². The molecular weight excluding hydrogens is 152 g/mol. The van der Waals surface area contributed by atoms with E-state index in [1.807, 2.05) is 25.9 Å². The van der Waals surface area contributed by atoms with Crippen LogP contribution in [0.1, 0.15) is 26.2 Å². The van der Waals surface area contributed by atoms with Crippen molar-refractivity contribution in [1.29, 1.82) is 0 Å². The molecule has 12 heavy (non-hydrogen) atoms. The Bertz CT molecular complexity index is 166. The first-order chi connectivity index (χ1) is 5.66. The SMILES string of the molecule is CCN(C)C(=O)N(C)C1CCC1. The van der Waals surface area contributed by atoms with Gasteiger partial charge in [-0.25, -0.2) is 4.79 Å². The molecule has 1 rings (SSSR count). The maximum atomic E-state index is 11.6. The smallest absolute Gasteiger partial charge is 0.319 e. The lowest BCUT2D eigenvalue weighted by Gasteiger charge is -2.36. The molecule has 0 aromatic rings. The van der Waals surface area contributed by atoms with Gasteiger partial charge in [0.25, 0.3) is 0 Å². The molecule has 0 radical (unpaired) electrons. The Kier molecular flexibility index (Phi) is 2.95. The van der Waals surface area contributed by atoms with Gasteiger partial charge in [0.05, 0.1) is 0 Å². The van der Waals surface area contributed by atoms with Gasteiger partial charge in [-0.2, -0.15) is 0 Å². The Labute approximate surface area is 74.3 Å². The Morgan fingerprint density at radius 3 is 2.33 bits per heavy atom. The van der Waals surface area contributed by atoms with Crippen LogP contribution in [0.3, 0.4) is 0 Å². The van der Waals surface area contributed by atoms with Crippen LogP contribution in [-0.2, 0) is 0 Å². The largest absolute Gasteiger partial charge is 0.328 e. The molecule has 1 fully saturated rings. The second-order valence-electron chi connectivity index (χ2n) is 3.49. The molecule has 1 aliphatic rings. The molecule has 2 amide bonds. The summed E-state index contributed by atoms with van der Waals surface area (Å²) < 4.78 is 0. The molecule has 0 atom stereocenters. The summed E-state index contributed by atoms with van der Waals surface area (Å²) >= 11 is 0. The number of hydrogen-bond acceptors (Lipinski definition) is 1. The minimum Gasteiger partial charge on any atom is -0.328 e. The lowest BCUT2D eigenvalue weighted by molar-refractivity contribution is 0.131. The number of amides is 2. The zero-order valence-corrected chi connectivity index (χ0v) is 8.21. The average Bonchev–Trinajstić information content (AvgIpc) is 1.98. The molecule has 1 aliphatic carbocycles. The summed E-state index contributed by atoms with van der Waals surface area (Å²) in [6, 6.07) is 0.661. The lowest BCUT2D eigenvalue weighted by atomic mass is 9.92. The molecule has 0 saturated heterocycles. The molecule has 0 N–H and O–H groups in total. The molecule has 0 bridgehead atoms. The molecule has 70 valence electrons. The van der Waals surface area contributed by atoms with Gasteiger partial charge < -0.3 is 9.80 Å². The summed E-state index contributed by atoms with van der Waals surface area (Å²) in [6.07, 6.45) is 3.64. The maximum absolute atomic E-state index is 11.6. The van der Waals surface area contributed by atoms with Gasteiger partial charge in [0.1, 0.15) is 0 Å². The fraction of sp³-hybridized carbons (Fsp3) is 0.889. The Morgan fingerprint density at radius 1 is 1.42 bits per heavy atom. The summed E-state index contributed by atoms with van der Waals surface area (Å²) in [5.74, 6) is 0. The topological polar surface area (TPSA) is 23.6 Å². The zero-order chi connectivity index (χ0) is 9.14. The summed E-state index contributed by atoms with van der Waals surface area (Å²) in [6.45, 7) is 2.78. The Hall–Kier alpha value is -0.730. The Balaban J connectivity index is 2.39. The molecule has 0 aromatic carbocycles. The highest BCUT2D eigenvalue weighted by atomic mass is 16.2. The monoisotopic (exact) mass is 170 g/mol. The van der Waals surface area contributed by atoms with Gasteiger partial charge in [-0.05, 0) is 26.2 Å². The van der Waals surface area contributed by atoms with Crippen molar-refractivity contribution in [3.63, 3.8) is 0 Å². The maximum Gasteiger partial charge on any atom is 0.319 e. The van der Waals surface area contributed by atoms with E-state index in [1.165, 1.54) is 19.3 Å². The third kappa shape index (κ3) is 1.71. The van der Waals surface area contributed by atoms with Crippen LogP contribution in [0.15, 0.2) is 0 Å². The van der Waals surface area contributed by atoms with Crippen LogP contribution in [-0.4, -0.2) is 42.5 Å². The number of carbonyl (C=O) groups excluding carboxylic acids is 1. The molecule has 3 heteroatoms. The van der Waals surface area contributed by atoms with Crippen LogP contribution in [0, 0.1) is 0 Å². The van der Waals surface area contributed by atoms with Crippen LogP contribution in [0.5, 0.6) is 0 Å². The first kappa shape index (κ1) is 9.36. The average molecular weight is 170 g/mol. The normalized spacial score (nSPS) is 16.9. The van der Waals surface area contributed by atoms with E-state index >= 15 is 0 Å². The van der Waals surface area contributed by atoms with Crippen LogP contribution >= 0.6 is 0 Å². The van der Waals surface area contributed by atoms with Gasteiger partial charge >= 0.3 is 6.03 Å². The standard InChI is InChI=1S/C9H18N2O/c1-4-10(2)9(12)11(3)8-6-5-7-8/h8H,4-7H2,1-3H3. The molecule has 0 spiro atoms. The summed E-state index contributed by atoms with van der Waals surface area (Å²) in [7, 11) is 3.75. The van der Waals surface area contributed by atoms with Crippen molar-refractivity contribution in [3.05, 3.63) is 0 Å². The zero-order valence-electron chi connectivity index (χ0n) is 8.21. The summed E-state index contributed by atoms with van der Waals surface area (Å²) in [5, 5.41) is 0. The third-order valence-electron chi connectivity index (χ3n) is 2.73. The van der Waals surface area contributed by atoms with Gasteiger partial charge in [-0.15, -0.1) is 0 Å². The van der Waals surface area contributed by atoms with Crippen LogP contribution in [0.2, 0.25) is 0 Å². The Morgan fingerprint density at radius 2 is 2.00 bits per heavy atom. The van der Waals surface area contributed by atoms with Crippen molar-refractivity contribution < 1.29 is 4.79 Å². The van der Waals surface area contributed by atoms with Crippen LogP contribution in [0.25, 0.3) is 0 Å². The van der Waals surface area contributed by atoms with Crippen molar-refractivity contribution in [3.8, 4) is 0 Å². The minimum atomic E-state index is 0.155. The van der Waals surface area contributed by atoms with Crippen molar-refractivity contribution in [2.45, 2.75) is 32.2 Å². The fourth-order valence-electron chi connectivity index (χ4n) is 1.33. The number of hydrogen-bond donors (Lipinski definition) is 0. The van der Waals surface area contributed by atoms with E-state index < -0.39 is 0 Å². The van der Waals surface area contributed by atoms with E-state index in [9.17, 15) is 4.79 Å². The molecule has 0 aromatic heterocycles. The highest BCUT2D eigenvalue weighted by Gasteiger charge is 2.26. The van der Waals surface area contributed by atoms with Crippen molar-refractivity contribution in [1.82, 2.24) is 9.80 Å². The molecule has 3 nitrogen and oxygen atoms in total. The van der Waals surface area contributed by atoms with Crippen LogP contribution < -0.4 is 0 Å². The highest BCUT2D eigenvalue weighted by Crippen LogP contribution is 2.23. The summed E-state index contributed by atoms with van der Waals surface area (Å²) in [4.78, 5) is 15.2. The second kappa shape index (κ2) is 3.78. The van der Waals surface area contributed by atoms with E-state index in [2.05, 4.69) is 0 Å². The number of rotatable bonds is 2. The second-order valence-corrected chi connectivity index (χ2v) is 3.49. The van der Waals surface area contributed by atoms with Crippen molar-refractivity contribution >= 4 is 6.03 Å². The molecule has 0 unspecified atom stereocenters. The van der Waals surface area contributed by atoms with Gasteiger partial charge in [0.2, 0.25) is 0 Å². The molecule has 0 aliphatic heterocycles. The van der Waals surface area contributed by atoms with Crippen molar-refractivity contribution in [2.75, 3.05) is 20.6 Å². The highest BCUT2D eigenvalue weighted by molar-refractivity contribution is 5.74. The molecule has 1 saturated carbocycles. The van der Waals surface area contributed by atoms with Gasteiger partial charge in [-0.1, -0.05) is 0 Å². The van der Waals surface area contributed by atoms with Crippen LogP contribution in [0.4, 0.5) is 4.79 Å².